The Kier molecular flexibility index (Phi) is 5.19. The maximum Gasteiger partial charge on any atom is 0.407 e. The van der Waals surface area contributed by atoms with E-state index in [2.05, 4.69) is 45.3 Å². The van der Waals surface area contributed by atoms with E-state index in [0.29, 0.717) is 13.2 Å². The van der Waals surface area contributed by atoms with Gasteiger partial charge < -0.3 is 19.9 Å². The van der Waals surface area contributed by atoms with Crippen molar-refractivity contribution in [3.05, 3.63) is 66.7 Å². The summed E-state index contributed by atoms with van der Waals surface area (Å²) in [6.07, 6.45) is 14.2. The lowest BCUT2D eigenvalue weighted by molar-refractivity contribution is 0.134. The Bertz CT molecular complexity index is 901. The topological polar surface area (TPSA) is 68.2 Å². The molecular formula is C22H26N4O2. The molecule has 146 valence electrons. The number of pyridine rings is 1. The van der Waals surface area contributed by atoms with Crippen molar-refractivity contribution in [2.75, 3.05) is 18.5 Å². The monoisotopic (exact) mass is 378 g/mol. The lowest BCUT2D eigenvalue weighted by Gasteiger charge is -2.40. The van der Waals surface area contributed by atoms with Crippen LogP contribution in [0.4, 0.5) is 10.5 Å². The van der Waals surface area contributed by atoms with Crippen molar-refractivity contribution in [1.29, 1.82) is 0 Å². The molecule has 0 saturated heterocycles. The van der Waals surface area contributed by atoms with E-state index < -0.39 is 0 Å². The first-order valence-corrected chi connectivity index (χ1v) is 9.87. The average molecular weight is 378 g/mol. The highest BCUT2D eigenvalue weighted by Gasteiger charge is 2.37. The predicted octanol–water partition coefficient (Wildman–Crippen LogP) is 4.15. The van der Waals surface area contributed by atoms with Gasteiger partial charge in [0.2, 0.25) is 0 Å². The fourth-order valence-electron chi connectivity index (χ4n) is 3.97. The Morgan fingerprint density at radius 1 is 1.39 bits per heavy atom. The number of nitrogens with zero attached hydrogens (tertiary/aromatic N) is 2. The van der Waals surface area contributed by atoms with E-state index in [9.17, 15) is 4.79 Å². The smallest absolute Gasteiger partial charge is 0.407 e. The van der Waals surface area contributed by atoms with E-state index in [-0.39, 0.29) is 17.6 Å². The summed E-state index contributed by atoms with van der Waals surface area (Å²) < 4.78 is 7.51. The Morgan fingerprint density at radius 2 is 2.32 bits per heavy atom. The molecule has 2 unspecified atom stereocenters. The van der Waals surface area contributed by atoms with Gasteiger partial charge in [-0.1, -0.05) is 31.2 Å². The highest BCUT2D eigenvalue weighted by Crippen LogP contribution is 2.40. The van der Waals surface area contributed by atoms with Gasteiger partial charge in [0.05, 0.1) is 17.8 Å². The van der Waals surface area contributed by atoms with E-state index in [0.717, 1.165) is 36.5 Å². The summed E-state index contributed by atoms with van der Waals surface area (Å²) in [6, 6.07) is 8.14. The second kappa shape index (κ2) is 7.92. The lowest BCUT2D eigenvalue weighted by Crippen LogP contribution is -2.43. The second-order valence-electron chi connectivity index (χ2n) is 7.28. The number of rotatable bonds is 6. The molecule has 0 saturated carbocycles. The molecule has 1 aliphatic heterocycles. The maximum atomic E-state index is 12.1. The number of alkyl carbamates (subject to hydrolysis) is 1. The first-order chi connectivity index (χ1) is 13.7. The Labute approximate surface area is 165 Å². The number of aromatic nitrogens is 2. The third-order valence-electron chi connectivity index (χ3n) is 5.55. The summed E-state index contributed by atoms with van der Waals surface area (Å²) in [6.45, 7) is 3.10. The Morgan fingerprint density at radius 3 is 3.14 bits per heavy atom. The standard InChI is InChI=1S/C22H26N4O2/c1-2-22(12-14-24-21(27)28-16-17-8-4-3-5-9-17)19-11-7-15-26(19)20-18(25-22)10-6-13-23-20/h3-8,10-11,13,15,17,25H,2,9,12,14,16H2,1H3,(H,24,27). The molecule has 28 heavy (non-hydrogen) atoms. The van der Waals surface area contributed by atoms with Crippen molar-refractivity contribution >= 4 is 11.8 Å². The summed E-state index contributed by atoms with van der Waals surface area (Å²) in [5.74, 6) is 1.18. The number of fused-ring (bicyclic) bond motifs is 3. The van der Waals surface area contributed by atoms with Gasteiger partial charge in [0.15, 0.2) is 5.82 Å². The summed E-state index contributed by atoms with van der Waals surface area (Å²) in [5.41, 5.74) is 1.91. The van der Waals surface area contributed by atoms with Gasteiger partial charge in [-0.3, -0.25) is 0 Å². The van der Waals surface area contributed by atoms with Crippen LogP contribution in [0, 0.1) is 5.92 Å². The van der Waals surface area contributed by atoms with E-state index in [1.165, 1.54) is 0 Å². The molecule has 6 heteroatoms. The molecule has 0 bridgehead atoms. The molecule has 2 atom stereocenters. The maximum absolute atomic E-state index is 12.1. The zero-order chi connectivity index (χ0) is 19.4. The molecule has 2 N–H and O–H groups in total. The van der Waals surface area contributed by atoms with Crippen LogP contribution in [0.3, 0.4) is 0 Å². The van der Waals surface area contributed by atoms with Gasteiger partial charge in [0.25, 0.3) is 0 Å². The number of carbonyl (C=O) groups is 1. The van der Waals surface area contributed by atoms with E-state index in [1.807, 2.05) is 36.5 Å². The molecular weight excluding hydrogens is 352 g/mol. The third kappa shape index (κ3) is 3.54. The van der Waals surface area contributed by atoms with Crippen LogP contribution in [-0.4, -0.2) is 28.8 Å². The second-order valence-corrected chi connectivity index (χ2v) is 7.28. The fourth-order valence-corrected chi connectivity index (χ4v) is 3.97. The minimum Gasteiger partial charge on any atom is -0.449 e. The number of carbonyl (C=O) groups excluding carboxylic acids is 1. The highest BCUT2D eigenvalue weighted by atomic mass is 16.5. The minimum absolute atomic E-state index is 0.260. The van der Waals surface area contributed by atoms with Crippen LogP contribution in [0.1, 0.15) is 31.9 Å². The van der Waals surface area contributed by atoms with Crippen molar-refractivity contribution in [3.63, 3.8) is 0 Å². The SMILES string of the molecule is CCC1(CCNC(=O)OCC2C=CC=CC2)Nc2cccnc2-n2cccc21. The van der Waals surface area contributed by atoms with Crippen molar-refractivity contribution in [3.8, 4) is 5.82 Å². The van der Waals surface area contributed by atoms with Gasteiger partial charge in [-0.2, -0.15) is 0 Å². The summed E-state index contributed by atoms with van der Waals surface area (Å²) in [7, 11) is 0. The van der Waals surface area contributed by atoms with Gasteiger partial charge in [0.1, 0.15) is 0 Å². The van der Waals surface area contributed by atoms with E-state index >= 15 is 0 Å². The highest BCUT2D eigenvalue weighted by molar-refractivity contribution is 5.67. The van der Waals surface area contributed by atoms with Crippen LogP contribution in [0.5, 0.6) is 0 Å². The molecule has 2 aromatic heterocycles. The van der Waals surface area contributed by atoms with Crippen molar-refractivity contribution < 1.29 is 9.53 Å². The largest absolute Gasteiger partial charge is 0.449 e. The molecule has 2 aromatic rings. The molecule has 4 rings (SSSR count). The number of amides is 1. The molecule has 0 spiro atoms. The molecule has 0 fully saturated rings. The molecule has 3 heterocycles. The van der Waals surface area contributed by atoms with Gasteiger partial charge in [0, 0.05) is 30.6 Å². The van der Waals surface area contributed by atoms with E-state index in [1.54, 1.807) is 6.20 Å². The molecule has 2 aliphatic rings. The predicted molar refractivity (Wildman–Crippen MR) is 110 cm³/mol. The molecule has 1 amide bonds. The van der Waals surface area contributed by atoms with Crippen LogP contribution in [-0.2, 0) is 10.3 Å². The lowest BCUT2D eigenvalue weighted by atomic mass is 9.86. The number of hydrogen-bond donors (Lipinski definition) is 2. The van der Waals surface area contributed by atoms with Gasteiger partial charge in [-0.15, -0.1) is 0 Å². The average Bonchev–Trinajstić information content (AvgIpc) is 3.24. The molecule has 0 aromatic carbocycles. The summed E-state index contributed by atoms with van der Waals surface area (Å²) in [5, 5.41) is 6.58. The summed E-state index contributed by atoms with van der Waals surface area (Å²) >= 11 is 0. The number of allylic oxidation sites excluding steroid dienone is 3. The first kappa shape index (κ1) is 18.3. The minimum atomic E-state index is -0.359. The van der Waals surface area contributed by atoms with Crippen molar-refractivity contribution in [2.45, 2.75) is 31.7 Å². The zero-order valence-corrected chi connectivity index (χ0v) is 16.1. The first-order valence-electron chi connectivity index (χ1n) is 9.87. The van der Waals surface area contributed by atoms with Crippen molar-refractivity contribution in [1.82, 2.24) is 14.9 Å². The third-order valence-corrected chi connectivity index (χ3v) is 5.55. The van der Waals surface area contributed by atoms with Gasteiger partial charge in [-0.05, 0) is 43.5 Å². The number of nitrogens with one attached hydrogen (secondary N) is 2. The molecule has 1 aliphatic carbocycles. The fraction of sp³-hybridized carbons (Fsp3) is 0.364. The van der Waals surface area contributed by atoms with Crippen LogP contribution in [0.25, 0.3) is 5.82 Å². The van der Waals surface area contributed by atoms with E-state index in [4.69, 9.17) is 4.74 Å². The van der Waals surface area contributed by atoms with Crippen LogP contribution in [0.2, 0.25) is 0 Å². The van der Waals surface area contributed by atoms with Gasteiger partial charge >= 0.3 is 6.09 Å². The zero-order valence-electron chi connectivity index (χ0n) is 16.1. The van der Waals surface area contributed by atoms with Crippen LogP contribution < -0.4 is 10.6 Å². The quantitative estimate of drug-likeness (QED) is 0.792. The number of hydrogen-bond acceptors (Lipinski definition) is 4. The van der Waals surface area contributed by atoms with Crippen LogP contribution >= 0.6 is 0 Å². The Hall–Kier alpha value is -3.02. The van der Waals surface area contributed by atoms with Crippen LogP contribution in [0.15, 0.2) is 61.0 Å². The summed E-state index contributed by atoms with van der Waals surface area (Å²) in [4.78, 5) is 16.6. The molecule has 6 nitrogen and oxygen atoms in total. The normalized spacial score (nSPS) is 22.1. The Balaban J connectivity index is 1.38. The molecule has 0 radical (unpaired) electrons. The number of anilines is 1. The van der Waals surface area contributed by atoms with Gasteiger partial charge in [-0.25, -0.2) is 9.78 Å². The number of ether oxygens (including phenoxy) is 1. The van der Waals surface area contributed by atoms with Crippen molar-refractivity contribution in [2.24, 2.45) is 5.92 Å².